The summed E-state index contributed by atoms with van der Waals surface area (Å²) in [6, 6.07) is 15.8. The number of methoxy groups -OCH3 is 1. The Bertz CT molecular complexity index is 1580. The molecule has 0 spiro atoms. The van der Waals surface area contributed by atoms with E-state index in [0.717, 1.165) is 10.9 Å². The molecule has 5 rings (SSSR count). The first-order valence-electron chi connectivity index (χ1n) is 11.0. The molecule has 36 heavy (non-hydrogen) atoms. The van der Waals surface area contributed by atoms with Crippen molar-refractivity contribution in [2.45, 2.75) is 6.92 Å². The van der Waals surface area contributed by atoms with Gasteiger partial charge in [0.05, 0.1) is 25.1 Å². The minimum Gasteiger partial charge on any atom is -0.505 e. The predicted octanol–water partition coefficient (Wildman–Crippen LogP) is 5.51. The van der Waals surface area contributed by atoms with Crippen molar-refractivity contribution < 1.29 is 14.6 Å². The van der Waals surface area contributed by atoms with Crippen LogP contribution in [0, 0.1) is 6.92 Å². The molecule has 0 fully saturated rings. The Hall–Kier alpha value is -5.12. The minimum atomic E-state index is -0.486. The maximum absolute atomic E-state index is 13.1. The van der Waals surface area contributed by atoms with Crippen LogP contribution in [0.15, 0.2) is 89.6 Å². The summed E-state index contributed by atoms with van der Waals surface area (Å²) in [6.45, 7) is 1.84. The summed E-state index contributed by atoms with van der Waals surface area (Å²) >= 11 is 0. The summed E-state index contributed by atoms with van der Waals surface area (Å²) in [5, 5.41) is 28.3. The van der Waals surface area contributed by atoms with Crippen LogP contribution in [0.25, 0.3) is 16.6 Å². The number of carbonyl (C=O) groups excluding carboxylic acids is 1. The highest BCUT2D eigenvalue weighted by molar-refractivity contribution is 6.11. The second kappa shape index (κ2) is 9.63. The van der Waals surface area contributed by atoms with Crippen LogP contribution in [0.1, 0.15) is 15.9 Å². The second-order valence-corrected chi connectivity index (χ2v) is 7.85. The fraction of sp³-hybridized carbons (Fsp3) is 0.0769. The van der Waals surface area contributed by atoms with E-state index in [-0.39, 0.29) is 17.0 Å². The molecule has 0 bridgehead atoms. The van der Waals surface area contributed by atoms with Gasteiger partial charge in [-0.1, -0.05) is 24.3 Å². The Labute approximate surface area is 205 Å². The number of hydrogen-bond acceptors (Lipinski definition) is 8. The molecule has 3 aromatic carbocycles. The van der Waals surface area contributed by atoms with Gasteiger partial charge < -0.3 is 15.2 Å². The number of nitrogens with zero attached hydrogens (tertiary/aromatic N) is 6. The molecule has 0 aliphatic heterocycles. The number of anilines is 1. The Kier molecular flexibility index (Phi) is 6.06. The van der Waals surface area contributed by atoms with Crippen molar-refractivity contribution >= 4 is 33.9 Å². The second-order valence-electron chi connectivity index (χ2n) is 7.85. The lowest BCUT2D eigenvalue weighted by molar-refractivity contribution is 0.102. The molecule has 1 amide bonds. The molecule has 0 radical (unpaired) electrons. The van der Waals surface area contributed by atoms with E-state index < -0.39 is 5.91 Å². The molecule has 5 aromatic rings. The lowest BCUT2D eigenvalue weighted by Gasteiger charge is -2.11. The van der Waals surface area contributed by atoms with Crippen molar-refractivity contribution in [3.05, 3.63) is 90.5 Å². The van der Waals surface area contributed by atoms with E-state index in [0.29, 0.717) is 28.5 Å². The fourth-order valence-electron chi connectivity index (χ4n) is 3.68. The molecule has 10 heteroatoms. The molecule has 178 valence electrons. The van der Waals surface area contributed by atoms with Crippen molar-refractivity contribution in [2.75, 3.05) is 12.4 Å². The van der Waals surface area contributed by atoms with Crippen LogP contribution in [-0.2, 0) is 0 Å². The van der Waals surface area contributed by atoms with Gasteiger partial charge in [-0.25, -0.2) is 4.98 Å². The van der Waals surface area contributed by atoms with Crippen molar-refractivity contribution in [2.24, 2.45) is 10.2 Å². The van der Waals surface area contributed by atoms with Crippen LogP contribution >= 0.6 is 0 Å². The zero-order chi connectivity index (χ0) is 25.1. The van der Waals surface area contributed by atoms with E-state index >= 15 is 0 Å². The van der Waals surface area contributed by atoms with Crippen LogP contribution in [0.3, 0.4) is 0 Å². The first kappa shape index (κ1) is 22.7. The Morgan fingerprint density at radius 2 is 1.86 bits per heavy atom. The van der Waals surface area contributed by atoms with Gasteiger partial charge in [-0.05, 0) is 42.6 Å². The number of phenols is 1. The number of benzene rings is 3. The number of carbonyl (C=O) groups is 1. The number of nitrogens with one attached hydrogen (secondary N) is 1. The van der Waals surface area contributed by atoms with E-state index in [2.05, 4.69) is 30.6 Å². The average molecular weight is 480 g/mol. The van der Waals surface area contributed by atoms with Crippen LogP contribution in [-0.4, -0.2) is 37.9 Å². The maximum atomic E-state index is 13.1. The maximum Gasteiger partial charge on any atom is 0.259 e. The summed E-state index contributed by atoms with van der Waals surface area (Å²) in [6.07, 6.45) is 6.31. The quantitative estimate of drug-likeness (QED) is 0.309. The molecule has 0 aliphatic rings. The summed E-state index contributed by atoms with van der Waals surface area (Å²) in [5.41, 5.74) is 1.54. The van der Waals surface area contributed by atoms with E-state index in [1.165, 1.54) is 4.68 Å². The highest BCUT2D eigenvalue weighted by atomic mass is 16.5. The monoisotopic (exact) mass is 479 g/mol. The molecule has 0 unspecified atom stereocenters. The topological polar surface area (TPSA) is 127 Å². The van der Waals surface area contributed by atoms with Gasteiger partial charge in [0.1, 0.15) is 11.4 Å². The zero-order valence-corrected chi connectivity index (χ0v) is 19.5. The number of fused-ring (bicyclic) bond motifs is 1. The van der Waals surface area contributed by atoms with Crippen LogP contribution in [0.2, 0.25) is 0 Å². The molecular weight excluding hydrogens is 458 g/mol. The van der Waals surface area contributed by atoms with E-state index in [4.69, 9.17) is 4.74 Å². The van der Waals surface area contributed by atoms with Gasteiger partial charge in [0, 0.05) is 29.0 Å². The number of aromatic hydroxyl groups is 1. The molecule has 2 heterocycles. The molecule has 0 aliphatic carbocycles. The molecule has 0 saturated heterocycles. The third-order valence-corrected chi connectivity index (χ3v) is 5.52. The summed E-state index contributed by atoms with van der Waals surface area (Å²) < 4.78 is 6.66. The number of hydrogen-bond donors (Lipinski definition) is 2. The highest BCUT2D eigenvalue weighted by Crippen LogP contribution is 2.40. The Morgan fingerprint density at radius 3 is 2.61 bits per heavy atom. The van der Waals surface area contributed by atoms with Gasteiger partial charge >= 0.3 is 0 Å². The van der Waals surface area contributed by atoms with Crippen molar-refractivity contribution in [3.63, 3.8) is 0 Å². The number of amides is 1. The molecule has 2 aromatic heterocycles. The lowest BCUT2D eigenvalue weighted by atomic mass is 10.0. The number of phenolic OH excluding ortho intramolecular Hbond substituents is 1. The van der Waals surface area contributed by atoms with Gasteiger partial charge in [0.15, 0.2) is 17.4 Å². The van der Waals surface area contributed by atoms with Crippen LogP contribution in [0.4, 0.5) is 17.2 Å². The predicted molar refractivity (Wildman–Crippen MR) is 135 cm³/mol. The average Bonchev–Trinajstić information content (AvgIpc) is 3.28. The van der Waals surface area contributed by atoms with Gasteiger partial charge in [-0.2, -0.15) is 9.78 Å². The van der Waals surface area contributed by atoms with Gasteiger partial charge in [0.2, 0.25) is 0 Å². The van der Waals surface area contributed by atoms with Gasteiger partial charge in [0.25, 0.3) is 5.91 Å². The van der Waals surface area contributed by atoms with E-state index in [9.17, 15) is 9.90 Å². The van der Waals surface area contributed by atoms with E-state index in [1.54, 1.807) is 68.3 Å². The summed E-state index contributed by atoms with van der Waals surface area (Å²) in [7, 11) is 1.57. The molecule has 0 atom stereocenters. The summed E-state index contributed by atoms with van der Waals surface area (Å²) in [5.74, 6) is 0.793. The summed E-state index contributed by atoms with van der Waals surface area (Å²) in [4.78, 5) is 21.4. The van der Waals surface area contributed by atoms with Gasteiger partial charge in [-0.15, -0.1) is 10.2 Å². The van der Waals surface area contributed by atoms with Crippen molar-refractivity contribution in [1.82, 2.24) is 19.7 Å². The first-order chi connectivity index (χ1) is 17.5. The SMILES string of the molecule is COc1ccc(NC(=O)c2cc3ccccc3c(N=Nc3c(C)cnn3-c3cnccn3)c2O)cc1. The largest absolute Gasteiger partial charge is 0.505 e. The van der Waals surface area contributed by atoms with Crippen LogP contribution < -0.4 is 10.1 Å². The lowest BCUT2D eigenvalue weighted by Crippen LogP contribution is -2.12. The molecule has 10 nitrogen and oxygen atoms in total. The van der Waals surface area contributed by atoms with Gasteiger partial charge in [-0.3, -0.25) is 9.78 Å². The Balaban J connectivity index is 1.55. The van der Waals surface area contributed by atoms with E-state index in [1.807, 2.05) is 25.1 Å². The third-order valence-electron chi connectivity index (χ3n) is 5.52. The molecule has 0 saturated carbocycles. The number of aromatic nitrogens is 4. The third kappa shape index (κ3) is 4.34. The molecule has 2 N–H and O–H groups in total. The number of ether oxygens (including phenoxy) is 1. The minimum absolute atomic E-state index is 0.0672. The van der Waals surface area contributed by atoms with Crippen molar-refractivity contribution in [3.8, 4) is 17.3 Å². The number of azo groups is 1. The Morgan fingerprint density at radius 1 is 1.06 bits per heavy atom. The standard InChI is InChI=1S/C26H21N7O3/c1-16-14-29-33(22-15-27-11-12-28-22)25(16)32-31-23-20-6-4-3-5-17(20)13-21(24(23)34)26(35)30-18-7-9-19(36-2)10-8-18/h3-15,34H,1-2H3,(H,30,35). The highest BCUT2D eigenvalue weighted by Gasteiger charge is 2.19. The fourth-order valence-corrected chi connectivity index (χ4v) is 3.68. The van der Waals surface area contributed by atoms with Crippen molar-refractivity contribution in [1.29, 1.82) is 0 Å². The zero-order valence-electron chi connectivity index (χ0n) is 19.5. The first-order valence-corrected chi connectivity index (χ1v) is 11.0. The smallest absolute Gasteiger partial charge is 0.259 e. The van der Waals surface area contributed by atoms with Crippen LogP contribution in [0.5, 0.6) is 11.5 Å². The molecular formula is C26H21N7O3. The number of aryl methyl sites for hydroxylation is 1. The number of rotatable bonds is 6. The normalized spacial score (nSPS) is 11.2.